The number of anilines is 5. The van der Waals surface area contributed by atoms with Crippen molar-refractivity contribution in [2.75, 3.05) is 9.71 Å². The van der Waals surface area contributed by atoms with E-state index in [1.54, 1.807) is 0 Å². The van der Waals surface area contributed by atoms with Crippen molar-refractivity contribution in [3.8, 4) is 11.1 Å². The summed E-state index contributed by atoms with van der Waals surface area (Å²) in [6, 6.07) is 46.3. The normalized spacial score (nSPS) is 16.2. The molecular formula is C54H43BN2O3. The molecule has 3 aromatic heterocycles. The van der Waals surface area contributed by atoms with Crippen LogP contribution in [0.15, 0.2) is 141 Å². The van der Waals surface area contributed by atoms with Crippen LogP contribution in [0.5, 0.6) is 0 Å². The van der Waals surface area contributed by atoms with Crippen molar-refractivity contribution < 1.29 is 13.3 Å². The highest BCUT2D eigenvalue weighted by molar-refractivity contribution is 6.93. The molecule has 0 saturated carbocycles. The molecule has 2 aliphatic heterocycles. The molecule has 0 unspecified atom stereocenters. The fourth-order valence-corrected chi connectivity index (χ4v) is 11.1. The van der Waals surface area contributed by atoms with E-state index in [4.69, 9.17) is 13.3 Å². The van der Waals surface area contributed by atoms with Crippen LogP contribution in [0.1, 0.15) is 62.8 Å². The Hall–Kier alpha value is -6.66. The second-order valence-corrected chi connectivity index (χ2v) is 18.8. The van der Waals surface area contributed by atoms with Crippen molar-refractivity contribution in [1.82, 2.24) is 0 Å². The predicted molar refractivity (Wildman–Crippen MR) is 249 cm³/mol. The van der Waals surface area contributed by atoms with Crippen LogP contribution in [0.2, 0.25) is 0 Å². The molecule has 60 heavy (non-hydrogen) atoms. The fourth-order valence-electron chi connectivity index (χ4n) is 11.1. The standard InChI is InChI=1S/C54H43BN2O3/c1-30-19-21-32(22-20-30)57-40-23-24-45-47(34-14-8-11-17-43(34)58-45)46(40)37-28-36-33-13-7-10-16-42(33)59-51(36)50-48(37)55(57)52-49(35-15-9-12-18-44(35)60-52)56(50)41-29-39-38(27-31(41)2)53(3,4)25-26-54(39,5)6/h7-24,27-29H,25-26H2,1-6H3. The zero-order valence-corrected chi connectivity index (χ0v) is 34.7. The van der Waals surface area contributed by atoms with Gasteiger partial charge >= 0.3 is 6.85 Å². The van der Waals surface area contributed by atoms with E-state index in [-0.39, 0.29) is 17.7 Å². The molecule has 0 spiro atoms. The smallest absolute Gasteiger partial charge is 0.376 e. The van der Waals surface area contributed by atoms with Gasteiger partial charge in [0.2, 0.25) is 0 Å². The van der Waals surface area contributed by atoms with Gasteiger partial charge in [0.15, 0.2) is 5.58 Å². The molecule has 0 N–H and O–H groups in total. The molecule has 5 nitrogen and oxygen atoms in total. The fraction of sp³-hybridized carbons (Fsp3) is 0.185. The summed E-state index contributed by atoms with van der Waals surface area (Å²) in [7, 11) is 0. The molecule has 0 atom stereocenters. The zero-order valence-electron chi connectivity index (χ0n) is 34.7. The summed E-state index contributed by atoms with van der Waals surface area (Å²) in [5, 5.41) is 5.49. The molecular weight excluding hydrogens is 735 g/mol. The van der Waals surface area contributed by atoms with E-state index in [1.807, 2.05) is 0 Å². The number of para-hydroxylation sites is 3. The molecule has 1 aliphatic carbocycles. The molecule has 10 aromatic rings. The summed E-state index contributed by atoms with van der Waals surface area (Å²) in [6.45, 7) is 13.8. The highest BCUT2D eigenvalue weighted by Crippen LogP contribution is 2.56. The SMILES string of the molecule is Cc1ccc(N2B3c4oc5ccccc5c4N(c4cc5c(cc4C)C(C)(C)CCC5(C)C)c4c3c(cc3c4oc4ccccc43)-c3c2ccc2oc4ccccc4c32)cc1. The summed E-state index contributed by atoms with van der Waals surface area (Å²) >= 11 is 0. The average molecular weight is 779 g/mol. The third kappa shape index (κ3) is 4.38. The van der Waals surface area contributed by atoms with Gasteiger partial charge in [-0.05, 0) is 126 Å². The molecule has 0 amide bonds. The molecule has 13 rings (SSSR count). The number of hydrogen-bond acceptors (Lipinski definition) is 5. The third-order valence-corrected chi connectivity index (χ3v) is 14.3. The maximum Gasteiger partial charge on any atom is 0.376 e. The van der Waals surface area contributed by atoms with E-state index in [9.17, 15) is 0 Å². The summed E-state index contributed by atoms with van der Waals surface area (Å²) in [5.74, 6) is 0. The molecule has 0 radical (unpaired) electrons. The molecule has 290 valence electrons. The maximum atomic E-state index is 7.29. The van der Waals surface area contributed by atoms with Crippen molar-refractivity contribution >= 4 is 101 Å². The monoisotopic (exact) mass is 778 g/mol. The lowest BCUT2D eigenvalue weighted by Gasteiger charge is -2.45. The van der Waals surface area contributed by atoms with Crippen LogP contribution in [-0.2, 0) is 10.8 Å². The van der Waals surface area contributed by atoms with Gasteiger partial charge in [0.25, 0.3) is 0 Å². The molecule has 0 saturated heterocycles. The number of rotatable bonds is 2. The third-order valence-electron chi connectivity index (χ3n) is 14.3. The first-order valence-corrected chi connectivity index (χ1v) is 21.3. The Morgan fingerprint density at radius 1 is 0.550 bits per heavy atom. The molecule has 6 heteroatoms. The first-order valence-electron chi connectivity index (χ1n) is 21.3. The van der Waals surface area contributed by atoms with E-state index in [0.29, 0.717) is 0 Å². The van der Waals surface area contributed by atoms with Gasteiger partial charge in [0.05, 0.1) is 11.4 Å². The quantitative estimate of drug-likeness (QED) is 0.164. The maximum absolute atomic E-state index is 7.29. The summed E-state index contributed by atoms with van der Waals surface area (Å²) < 4.78 is 21.1. The number of benzene rings is 7. The van der Waals surface area contributed by atoms with E-state index < -0.39 is 0 Å². The molecule has 7 aromatic carbocycles. The predicted octanol–water partition coefficient (Wildman–Crippen LogP) is 13.9. The highest BCUT2D eigenvalue weighted by atomic mass is 16.3. The second kappa shape index (κ2) is 11.5. The number of fused-ring (bicyclic) bond motifs is 15. The Balaban J connectivity index is 1.26. The minimum atomic E-state index is -0.314. The molecule has 3 aliphatic rings. The molecule has 0 bridgehead atoms. The minimum Gasteiger partial charge on any atom is -0.466 e. The van der Waals surface area contributed by atoms with Crippen molar-refractivity contribution in [3.63, 3.8) is 0 Å². The average Bonchev–Trinajstić information content (AvgIpc) is 3.95. The number of hydrogen-bond donors (Lipinski definition) is 0. The number of nitrogens with zero attached hydrogens (tertiary/aromatic N) is 2. The summed E-state index contributed by atoms with van der Waals surface area (Å²) in [5.41, 5.74) is 19.6. The topological polar surface area (TPSA) is 45.9 Å². The minimum absolute atomic E-state index is 0.00679. The van der Waals surface area contributed by atoms with Gasteiger partial charge in [0.1, 0.15) is 28.0 Å². The van der Waals surface area contributed by atoms with Crippen LogP contribution in [0.3, 0.4) is 0 Å². The lowest BCUT2D eigenvalue weighted by molar-refractivity contribution is 0.332. The highest BCUT2D eigenvalue weighted by Gasteiger charge is 2.51. The lowest BCUT2D eigenvalue weighted by Crippen LogP contribution is -2.61. The van der Waals surface area contributed by atoms with Gasteiger partial charge in [0, 0.05) is 49.6 Å². The van der Waals surface area contributed by atoms with E-state index in [1.165, 1.54) is 22.3 Å². The van der Waals surface area contributed by atoms with Crippen molar-refractivity contribution in [1.29, 1.82) is 0 Å². The van der Waals surface area contributed by atoms with Crippen LogP contribution < -0.4 is 20.8 Å². The molecule has 0 fully saturated rings. The van der Waals surface area contributed by atoms with E-state index in [2.05, 4.69) is 179 Å². The number of furan rings is 3. The second-order valence-electron chi connectivity index (χ2n) is 18.8. The first kappa shape index (κ1) is 34.2. The van der Waals surface area contributed by atoms with Crippen LogP contribution in [0, 0.1) is 13.8 Å². The van der Waals surface area contributed by atoms with Gasteiger partial charge in [-0.1, -0.05) is 100.0 Å². The van der Waals surface area contributed by atoms with Gasteiger partial charge in [-0.15, -0.1) is 0 Å². The van der Waals surface area contributed by atoms with Crippen molar-refractivity contribution in [2.24, 2.45) is 0 Å². The largest absolute Gasteiger partial charge is 0.466 e. The van der Waals surface area contributed by atoms with Crippen molar-refractivity contribution in [3.05, 3.63) is 150 Å². The van der Waals surface area contributed by atoms with Crippen LogP contribution in [-0.4, -0.2) is 6.85 Å². The van der Waals surface area contributed by atoms with E-state index in [0.717, 1.165) is 118 Å². The lowest BCUT2D eigenvalue weighted by atomic mass is 9.45. The van der Waals surface area contributed by atoms with Crippen molar-refractivity contribution in [2.45, 2.75) is 65.2 Å². The first-order chi connectivity index (χ1) is 29.1. The van der Waals surface area contributed by atoms with Crippen LogP contribution in [0.25, 0.3) is 66.0 Å². The van der Waals surface area contributed by atoms with Gasteiger partial charge in [-0.2, -0.15) is 0 Å². The Morgan fingerprint density at radius 3 is 1.92 bits per heavy atom. The van der Waals surface area contributed by atoms with Gasteiger partial charge < -0.3 is 23.0 Å². The summed E-state index contributed by atoms with van der Waals surface area (Å²) in [4.78, 5) is 5.04. The van der Waals surface area contributed by atoms with Gasteiger partial charge in [-0.25, -0.2) is 0 Å². The summed E-state index contributed by atoms with van der Waals surface area (Å²) in [6.07, 6.45) is 2.29. The van der Waals surface area contributed by atoms with Gasteiger partial charge in [-0.3, -0.25) is 0 Å². The zero-order chi connectivity index (χ0) is 40.4. The van der Waals surface area contributed by atoms with E-state index >= 15 is 0 Å². The van der Waals surface area contributed by atoms with Crippen LogP contribution in [0.4, 0.5) is 28.4 Å². The number of aryl methyl sites for hydroxylation is 2. The Kier molecular flexibility index (Phi) is 6.58. The molecule has 5 heterocycles. The Labute approximate surface area is 348 Å². The Bertz CT molecular complexity index is 3490. The van der Waals surface area contributed by atoms with Crippen LogP contribution >= 0.6 is 0 Å². The Morgan fingerprint density at radius 2 is 1.18 bits per heavy atom.